The molecule has 0 saturated heterocycles. The minimum Gasteiger partial charge on any atom is -0.384 e. The van der Waals surface area contributed by atoms with Gasteiger partial charge in [0.2, 0.25) is 0 Å². The first-order chi connectivity index (χ1) is 13.4. The number of ether oxygens (including phenoxy) is 1. The Morgan fingerprint density at radius 2 is 1.64 bits per heavy atom. The minimum absolute atomic E-state index is 0.280. The molecule has 4 aliphatic carbocycles. The van der Waals surface area contributed by atoms with Crippen LogP contribution in [0.4, 0.5) is 0 Å². The number of hydrogen-bond donors (Lipinski definition) is 0. The number of methoxy groups -OCH3 is 1. The standard InChI is InChI=1S/C23H37BrO2.C2H6/c1-22-10-8-15(14-26-3)12-16(22)4-5-17-18-6-7-20(21(25)13-24)23(18,2)11-9-19(17)22;1-2/h15-20H,4-14H2,1-3H3;1-2H3/t15?,16?,17?,18?,19?,20-,22?,23?;/m1./s1. The highest BCUT2D eigenvalue weighted by Crippen LogP contribution is 2.67. The molecular weight excluding hydrogens is 412 g/mol. The van der Waals surface area contributed by atoms with Crippen LogP contribution >= 0.6 is 15.9 Å². The molecule has 0 aromatic heterocycles. The van der Waals surface area contributed by atoms with Crippen LogP contribution in [0.3, 0.4) is 0 Å². The van der Waals surface area contributed by atoms with Gasteiger partial charge in [-0.25, -0.2) is 0 Å². The lowest BCUT2D eigenvalue weighted by atomic mass is 9.44. The molecule has 2 nitrogen and oxygen atoms in total. The number of alkyl halides is 1. The van der Waals surface area contributed by atoms with Crippen LogP contribution in [0.5, 0.6) is 0 Å². The molecule has 4 aliphatic rings. The van der Waals surface area contributed by atoms with E-state index >= 15 is 0 Å². The van der Waals surface area contributed by atoms with Gasteiger partial charge in [-0.1, -0.05) is 43.6 Å². The average molecular weight is 456 g/mol. The van der Waals surface area contributed by atoms with Gasteiger partial charge in [0.1, 0.15) is 5.78 Å². The lowest BCUT2D eigenvalue weighted by Crippen LogP contribution is -2.54. The van der Waals surface area contributed by atoms with Crippen LogP contribution in [-0.2, 0) is 9.53 Å². The van der Waals surface area contributed by atoms with Crippen LogP contribution < -0.4 is 0 Å². The zero-order chi connectivity index (χ0) is 20.5. The Morgan fingerprint density at radius 1 is 0.964 bits per heavy atom. The van der Waals surface area contributed by atoms with E-state index in [1.54, 1.807) is 0 Å². The molecule has 28 heavy (non-hydrogen) atoms. The summed E-state index contributed by atoms with van der Waals surface area (Å²) in [5.41, 5.74) is 0.828. The molecule has 0 spiro atoms. The first kappa shape index (κ1) is 22.8. The van der Waals surface area contributed by atoms with Crippen molar-refractivity contribution >= 4 is 21.7 Å². The Kier molecular flexibility index (Phi) is 7.39. The van der Waals surface area contributed by atoms with E-state index in [-0.39, 0.29) is 5.41 Å². The number of Topliss-reactive ketones (excluding diaryl/α,β-unsaturated/α-hetero) is 1. The van der Waals surface area contributed by atoms with Crippen LogP contribution in [-0.4, -0.2) is 24.8 Å². The minimum atomic E-state index is 0.280. The highest BCUT2D eigenvalue weighted by Gasteiger charge is 2.60. The molecule has 8 atom stereocenters. The Morgan fingerprint density at radius 3 is 2.32 bits per heavy atom. The van der Waals surface area contributed by atoms with Gasteiger partial charge in [0.15, 0.2) is 0 Å². The Bertz CT molecular complexity index is 549. The third-order valence-electron chi connectivity index (χ3n) is 9.70. The lowest BCUT2D eigenvalue weighted by Gasteiger charge is -2.61. The molecule has 7 unspecified atom stereocenters. The van der Waals surface area contributed by atoms with E-state index in [0.29, 0.717) is 22.4 Å². The van der Waals surface area contributed by atoms with Gasteiger partial charge >= 0.3 is 0 Å². The molecule has 4 rings (SSSR count). The third kappa shape index (κ3) is 3.66. The lowest BCUT2D eigenvalue weighted by molar-refractivity contribution is -0.135. The molecule has 0 bridgehead atoms. The third-order valence-corrected chi connectivity index (χ3v) is 10.2. The average Bonchev–Trinajstić information content (AvgIpc) is 3.06. The number of ketones is 1. The van der Waals surface area contributed by atoms with Crippen LogP contribution in [0.2, 0.25) is 0 Å². The molecule has 0 heterocycles. The van der Waals surface area contributed by atoms with E-state index in [1.807, 2.05) is 21.0 Å². The van der Waals surface area contributed by atoms with Crippen molar-refractivity contribution in [2.75, 3.05) is 19.0 Å². The summed E-state index contributed by atoms with van der Waals surface area (Å²) in [6.45, 7) is 10.1. The molecule has 0 radical (unpaired) electrons. The van der Waals surface area contributed by atoms with E-state index in [2.05, 4.69) is 29.8 Å². The van der Waals surface area contributed by atoms with Crippen molar-refractivity contribution in [3.05, 3.63) is 0 Å². The Hall–Kier alpha value is 0.110. The predicted octanol–water partition coefficient (Wildman–Crippen LogP) is 6.90. The number of fused-ring (bicyclic) bond motifs is 5. The van der Waals surface area contributed by atoms with Gasteiger partial charge in [0, 0.05) is 19.6 Å². The number of carbonyl (C=O) groups is 1. The molecular formula is C25H43BrO2. The highest BCUT2D eigenvalue weighted by atomic mass is 79.9. The second-order valence-electron chi connectivity index (χ2n) is 10.5. The highest BCUT2D eigenvalue weighted by molar-refractivity contribution is 9.09. The summed E-state index contributed by atoms with van der Waals surface area (Å²) in [5.74, 6) is 5.05. The topological polar surface area (TPSA) is 26.3 Å². The summed E-state index contributed by atoms with van der Waals surface area (Å²) in [6, 6.07) is 0. The maximum absolute atomic E-state index is 12.6. The summed E-state index contributed by atoms with van der Waals surface area (Å²) in [6.07, 6.45) is 12.1. The van der Waals surface area contributed by atoms with Gasteiger partial charge in [-0.15, -0.1) is 0 Å². The van der Waals surface area contributed by atoms with Crippen molar-refractivity contribution in [2.45, 2.75) is 85.5 Å². The van der Waals surface area contributed by atoms with Gasteiger partial charge in [-0.3, -0.25) is 4.79 Å². The van der Waals surface area contributed by atoms with Gasteiger partial charge in [0.25, 0.3) is 0 Å². The maximum Gasteiger partial charge on any atom is 0.147 e. The number of carbonyl (C=O) groups excluding carboxylic acids is 1. The van der Waals surface area contributed by atoms with E-state index in [9.17, 15) is 4.79 Å². The van der Waals surface area contributed by atoms with Gasteiger partial charge in [-0.2, -0.15) is 0 Å². The molecule has 4 saturated carbocycles. The van der Waals surface area contributed by atoms with Crippen molar-refractivity contribution < 1.29 is 9.53 Å². The molecule has 162 valence electrons. The van der Waals surface area contributed by atoms with E-state index in [4.69, 9.17) is 4.74 Å². The summed E-state index contributed by atoms with van der Waals surface area (Å²) in [4.78, 5) is 12.6. The van der Waals surface area contributed by atoms with E-state index in [0.717, 1.165) is 42.6 Å². The summed E-state index contributed by atoms with van der Waals surface area (Å²) in [5, 5.41) is 0.550. The molecule has 0 aromatic carbocycles. The fraction of sp³-hybridized carbons (Fsp3) is 0.960. The summed E-state index contributed by atoms with van der Waals surface area (Å²) in [7, 11) is 1.86. The van der Waals surface area contributed by atoms with Crippen LogP contribution in [0.1, 0.15) is 85.5 Å². The monoisotopic (exact) mass is 454 g/mol. The first-order valence-corrected chi connectivity index (χ1v) is 13.1. The zero-order valence-corrected chi connectivity index (χ0v) is 20.5. The van der Waals surface area contributed by atoms with Gasteiger partial charge in [0.05, 0.1) is 5.33 Å². The van der Waals surface area contributed by atoms with E-state index in [1.165, 1.54) is 51.4 Å². The quantitative estimate of drug-likeness (QED) is 0.431. The fourth-order valence-corrected chi connectivity index (χ4v) is 8.75. The molecule has 0 amide bonds. The number of halogens is 1. The van der Waals surface area contributed by atoms with Crippen LogP contribution in [0.25, 0.3) is 0 Å². The first-order valence-electron chi connectivity index (χ1n) is 12.0. The van der Waals surface area contributed by atoms with Gasteiger partial charge < -0.3 is 4.74 Å². The van der Waals surface area contributed by atoms with Gasteiger partial charge in [-0.05, 0) is 98.2 Å². The van der Waals surface area contributed by atoms with Crippen molar-refractivity contribution in [3.8, 4) is 0 Å². The Balaban J connectivity index is 0.00000109. The Labute approximate surface area is 182 Å². The fourth-order valence-electron chi connectivity index (χ4n) is 8.36. The normalized spacial score (nSPS) is 47.2. The van der Waals surface area contributed by atoms with Crippen molar-refractivity contribution in [1.29, 1.82) is 0 Å². The van der Waals surface area contributed by atoms with Crippen LogP contribution in [0, 0.1) is 46.3 Å². The summed E-state index contributed by atoms with van der Waals surface area (Å²) >= 11 is 3.45. The van der Waals surface area contributed by atoms with Crippen molar-refractivity contribution in [3.63, 3.8) is 0 Å². The molecule has 0 aromatic rings. The SMILES string of the molecule is CC.COCC1CCC2(C)C(CCC3C2CCC2(C)C3CC[C@@H]2C(=O)CBr)C1. The van der Waals surface area contributed by atoms with Crippen molar-refractivity contribution in [1.82, 2.24) is 0 Å². The maximum atomic E-state index is 12.6. The predicted molar refractivity (Wildman–Crippen MR) is 121 cm³/mol. The zero-order valence-electron chi connectivity index (χ0n) is 18.9. The molecule has 3 heteroatoms. The molecule has 0 aliphatic heterocycles. The second kappa shape index (κ2) is 9.08. The summed E-state index contributed by atoms with van der Waals surface area (Å²) < 4.78 is 5.48. The second-order valence-corrected chi connectivity index (χ2v) is 11.1. The number of rotatable bonds is 4. The van der Waals surface area contributed by atoms with E-state index < -0.39 is 0 Å². The number of hydrogen-bond acceptors (Lipinski definition) is 2. The van der Waals surface area contributed by atoms with Crippen LogP contribution in [0.15, 0.2) is 0 Å². The van der Waals surface area contributed by atoms with Crippen molar-refractivity contribution in [2.24, 2.45) is 46.3 Å². The molecule has 4 fully saturated rings. The largest absolute Gasteiger partial charge is 0.384 e. The molecule has 0 N–H and O–H groups in total. The smallest absolute Gasteiger partial charge is 0.147 e.